The summed E-state index contributed by atoms with van der Waals surface area (Å²) in [6.45, 7) is 2.88. The van der Waals surface area contributed by atoms with E-state index in [1.54, 1.807) is 0 Å². The molecule has 1 saturated carbocycles. The van der Waals surface area contributed by atoms with Crippen LogP contribution in [0.15, 0.2) is 18.2 Å². The number of rotatable bonds is 3. The van der Waals surface area contributed by atoms with E-state index >= 15 is 0 Å². The van der Waals surface area contributed by atoms with Crippen LogP contribution in [-0.4, -0.2) is 6.61 Å². The first-order valence-corrected chi connectivity index (χ1v) is 6.02. The van der Waals surface area contributed by atoms with Gasteiger partial charge in [0.25, 0.3) is 0 Å². The van der Waals surface area contributed by atoms with Crippen LogP contribution in [0.2, 0.25) is 5.02 Å². The van der Waals surface area contributed by atoms with Gasteiger partial charge in [-0.3, -0.25) is 0 Å². The molecule has 1 nitrogen and oxygen atoms in total. The van der Waals surface area contributed by atoms with Crippen LogP contribution in [0.5, 0.6) is 5.75 Å². The topological polar surface area (TPSA) is 9.23 Å². The van der Waals surface area contributed by atoms with E-state index in [9.17, 15) is 0 Å². The quantitative estimate of drug-likeness (QED) is 0.747. The number of halogens is 1. The number of hydrogen-bond acceptors (Lipinski definition) is 1. The molecule has 0 spiro atoms. The molecule has 0 N–H and O–H groups in total. The van der Waals surface area contributed by atoms with Crippen molar-refractivity contribution in [3.63, 3.8) is 0 Å². The van der Waals surface area contributed by atoms with Crippen molar-refractivity contribution in [1.82, 2.24) is 0 Å². The molecule has 0 bridgehead atoms. The van der Waals surface area contributed by atoms with Gasteiger partial charge < -0.3 is 4.74 Å². The summed E-state index contributed by atoms with van der Waals surface area (Å²) in [6, 6.07) is 5.88. The van der Waals surface area contributed by atoms with E-state index in [1.807, 2.05) is 25.1 Å². The van der Waals surface area contributed by atoms with Crippen LogP contribution in [-0.2, 0) is 0 Å². The first-order valence-electron chi connectivity index (χ1n) is 5.64. The predicted molar refractivity (Wildman–Crippen MR) is 63.6 cm³/mol. The molecule has 0 aromatic heterocycles. The zero-order valence-electron chi connectivity index (χ0n) is 9.13. The molecule has 0 heterocycles. The third kappa shape index (κ3) is 3.13. The fourth-order valence-corrected chi connectivity index (χ4v) is 2.46. The second-order valence-corrected chi connectivity index (χ2v) is 4.86. The second kappa shape index (κ2) is 4.89. The Bertz CT molecular complexity index is 309. The van der Waals surface area contributed by atoms with Crippen molar-refractivity contribution in [2.24, 2.45) is 5.92 Å². The lowest BCUT2D eigenvalue weighted by molar-refractivity contribution is 0.252. The molecule has 0 aliphatic heterocycles. The molecule has 1 aliphatic rings. The minimum absolute atomic E-state index is 0.754. The summed E-state index contributed by atoms with van der Waals surface area (Å²) in [6.07, 6.45) is 5.37. The molecule has 0 saturated heterocycles. The van der Waals surface area contributed by atoms with Crippen molar-refractivity contribution in [3.8, 4) is 5.75 Å². The Hall–Kier alpha value is -0.690. The van der Waals surface area contributed by atoms with Crippen molar-refractivity contribution in [2.45, 2.75) is 32.6 Å². The van der Waals surface area contributed by atoms with E-state index in [4.69, 9.17) is 16.3 Å². The van der Waals surface area contributed by atoms with Crippen LogP contribution in [0, 0.1) is 12.8 Å². The standard InChI is InChI=1S/C13H17ClO/c1-10-6-12(14)8-13(7-10)15-9-11-4-2-3-5-11/h6-8,11H,2-5,9H2,1H3. The van der Waals surface area contributed by atoms with Gasteiger partial charge in [0.15, 0.2) is 0 Å². The zero-order valence-corrected chi connectivity index (χ0v) is 9.89. The Morgan fingerprint density at radius 3 is 2.67 bits per heavy atom. The van der Waals surface area contributed by atoms with Gasteiger partial charge in [-0.15, -0.1) is 0 Å². The molecule has 82 valence electrons. The molecule has 2 heteroatoms. The first kappa shape index (κ1) is 10.8. The minimum Gasteiger partial charge on any atom is -0.493 e. The fourth-order valence-electron chi connectivity index (χ4n) is 2.18. The van der Waals surface area contributed by atoms with Gasteiger partial charge in [0.05, 0.1) is 6.61 Å². The van der Waals surface area contributed by atoms with Gasteiger partial charge in [-0.05, 0) is 49.4 Å². The maximum absolute atomic E-state index is 5.97. The summed E-state index contributed by atoms with van der Waals surface area (Å²) < 4.78 is 5.77. The summed E-state index contributed by atoms with van der Waals surface area (Å²) >= 11 is 5.97. The van der Waals surface area contributed by atoms with E-state index in [1.165, 1.54) is 25.7 Å². The Morgan fingerprint density at radius 1 is 1.27 bits per heavy atom. The Morgan fingerprint density at radius 2 is 2.00 bits per heavy atom. The molecular weight excluding hydrogens is 208 g/mol. The highest BCUT2D eigenvalue weighted by atomic mass is 35.5. The van der Waals surface area contributed by atoms with E-state index in [0.29, 0.717) is 0 Å². The highest BCUT2D eigenvalue weighted by Crippen LogP contribution is 2.26. The molecule has 15 heavy (non-hydrogen) atoms. The zero-order chi connectivity index (χ0) is 10.7. The van der Waals surface area contributed by atoms with Crippen LogP contribution in [0.3, 0.4) is 0 Å². The smallest absolute Gasteiger partial charge is 0.121 e. The van der Waals surface area contributed by atoms with Crippen molar-refractivity contribution in [2.75, 3.05) is 6.61 Å². The number of aryl methyl sites for hydroxylation is 1. The highest BCUT2D eigenvalue weighted by molar-refractivity contribution is 6.30. The van der Waals surface area contributed by atoms with Crippen LogP contribution < -0.4 is 4.74 Å². The summed E-state index contributed by atoms with van der Waals surface area (Å²) in [4.78, 5) is 0. The molecule has 2 rings (SSSR count). The molecule has 1 aromatic rings. The SMILES string of the molecule is Cc1cc(Cl)cc(OCC2CCCC2)c1. The first-order chi connectivity index (χ1) is 7.24. The van der Waals surface area contributed by atoms with Gasteiger partial charge in [-0.2, -0.15) is 0 Å². The van der Waals surface area contributed by atoms with Crippen LogP contribution in [0.4, 0.5) is 0 Å². The normalized spacial score (nSPS) is 16.9. The van der Waals surface area contributed by atoms with Gasteiger partial charge in [0.2, 0.25) is 0 Å². The van der Waals surface area contributed by atoms with Crippen LogP contribution in [0.25, 0.3) is 0 Å². The van der Waals surface area contributed by atoms with E-state index in [2.05, 4.69) is 0 Å². The lowest BCUT2D eigenvalue weighted by Gasteiger charge is -2.12. The van der Waals surface area contributed by atoms with Crippen molar-refractivity contribution < 1.29 is 4.74 Å². The van der Waals surface area contributed by atoms with Crippen LogP contribution >= 0.6 is 11.6 Å². The molecule has 1 aromatic carbocycles. The van der Waals surface area contributed by atoms with Crippen LogP contribution in [0.1, 0.15) is 31.2 Å². The lowest BCUT2D eigenvalue weighted by Crippen LogP contribution is -2.07. The Kier molecular flexibility index (Phi) is 3.53. The van der Waals surface area contributed by atoms with E-state index in [-0.39, 0.29) is 0 Å². The van der Waals surface area contributed by atoms with Crippen molar-refractivity contribution in [1.29, 1.82) is 0 Å². The molecular formula is C13H17ClO. The number of ether oxygens (including phenoxy) is 1. The monoisotopic (exact) mass is 224 g/mol. The third-order valence-corrected chi connectivity index (χ3v) is 3.19. The average molecular weight is 225 g/mol. The number of benzene rings is 1. The second-order valence-electron chi connectivity index (χ2n) is 4.43. The van der Waals surface area contributed by atoms with Crippen molar-refractivity contribution >= 4 is 11.6 Å². The van der Waals surface area contributed by atoms with E-state index < -0.39 is 0 Å². The molecule has 1 fully saturated rings. The van der Waals surface area contributed by atoms with E-state index in [0.717, 1.165) is 28.9 Å². The maximum Gasteiger partial charge on any atom is 0.121 e. The molecule has 0 atom stereocenters. The Labute approximate surface area is 96.4 Å². The summed E-state index contributed by atoms with van der Waals surface area (Å²) in [5.41, 5.74) is 1.16. The van der Waals surface area contributed by atoms with Gasteiger partial charge in [-0.25, -0.2) is 0 Å². The number of hydrogen-bond donors (Lipinski definition) is 0. The van der Waals surface area contributed by atoms with Gasteiger partial charge >= 0.3 is 0 Å². The highest BCUT2D eigenvalue weighted by Gasteiger charge is 2.15. The predicted octanol–water partition coefficient (Wildman–Crippen LogP) is 4.22. The largest absolute Gasteiger partial charge is 0.493 e. The van der Waals surface area contributed by atoms with Crippen molar-refractivity contribution in [3.05, 3.63) is 28.8 Å². The summed E-state index contributed by atoms with van der Waals surface area (Å²) in [5, 5.41) is 0.761. The third-order valence-electron chi connectivity index (χ3n) is 2.98. The summed E-state index contributed by atoms with van der Waals surface area (Å²) in [5.74, 6) is 1.66. The Balaban J connectivity index is 1.92. The maximum atomic E-state index is 5.97. The molecule has 0 amide bonds. The lowest BCUT2D eigenvalue weighted by atomic mass is 10.1. The fraction of sp³-hybridized carbons (Fsp3) is 0.538. The molecule has 1 aliphatic carbocycles. The van der Waals surface area contributed by atoms with Gasteiger partial charge in [0, 0.05) is 5.02 Å². The van der Waals surface area contributed by atoms with Gasteiger partial charge in [-0.1, -0.05) is 24.4 Å². The summed E-state index contributed by atoms with van der Waals surface area (Å²) in [7, 11) is 0. The van der Waals surface area contributed by atoms with Gasteiger partial charge in [0.1, 0.15) is 5.75 Å². The molecule has 0 radical (unpaired) electrons. The average Bonchev–Trinajstić information content (AvgIpc) is 2.65. The minimum atomic E-state index is 0.754. The molecule has 0 unspecified atom stereocenters.